The molecule has 2 rings (SSSR count). The molecule has 2 aromatic rings. The summed E-state index contributed by atoms with van der Waals surface area (Å²) in [5.74, 6) is 0. The Bertz CT molecular complexity index is 632. The summed E-state index contributed by atoms with van der Waals surface area (Å²) >= 11 is 18.0. The van der Waals surface area contributed by atoms with Crippen LogP contribution in [0.3, 0.4) is 0 Å². The third-order valence-corrected chi connectivity index (χ3v) is 3.14. The lowest BCUT2D eigenvalue weighted by Crippen LogP contribution is -2.34. The largest absolute Gasteiger partial charge is 0.342 e. The van der Waals surface area contributed by atoms with Crippen LogP contribution in [0.4, 0.5) is 4.79 Å². The SMILES string of the molecule is CC(C)NC(=O)n1cc(Cl)c(-c2cc(Cl)cc(Cl)c2)n1. The van der Waals surface area contributed by atoms with E-state index < -0.39 is 0 Å². The number of aromatic nitrogens is 2. The van der Waals surface area contributed by atoms with E-state index >= 15 is 0 Å². The predicted octanol–water partition coefficient (Wildman–Crippen LogP) is 4.48. The predicted molar refractivity (Wildman–Crippen MR) is 81.8 cm³/mol. The van der Waals surface area contributed by atoms with Crippen LogP contribution >= 0.6 is 34.8 Å². The standard InChI is InChI=1S/C13H12Cl3N3O/c1-7(2)17-13(20)19-6-11(16)12(18-19)8-3-9(14)5-10(15)4-8/h3-7H,1-2H3,(H,17,20). The van der Waals surface area contributed by atoms with Gasteiger partial charge in [-0.1, -0.05) is 34.8 Å². The van der Waals surface area contributed by atoms with Gasteiger partial charge in [0.25, 0.3) is 0 Å². The normalized spacial score (nSPS) is 10.9. The topological polar surface area (TPSA) is 46.9 Å². The number of amides is 1. The number of hydrogen-bond acceptors (Lipinski definition) is 2. The number of nitrogens with zero attached hydrogens (tertiary/aromatic N) is 2. The highest BCUT2D eigenvalue weighted by Gasteiger charge is 2.15. The van der Waals surface area contributed by atoms with Gasteiger partial charge in [-0.2, -0.15) is 9.78 Å². The summed E-state index contributed by atoms with van der Waals surface area (Å²) < 4.78 is 1.16. The van der Waals surface area contributed by atoms with Gasteiger partial charge < -0.3 is 5.32 Å². The Morgan fingerprint density at radius 3 is 2.35 bits per heavy atom. The molecule has 0 bridgehead atoms. The molecule has 0 spiro atoms. The summed E-state index contributed by atoms with van der Waals surface area (Å²) in [5, 5.41) is 8.20. The van der Waals surface area contributed by atoms with Crippen LogP contribution in [0.15, 0.2) is 24.4 Å². The molecule has 1 heterocycles. The highest BCUT2D eigenvalue weighted by molar-refractivity contribution is 6.36. The van der Waals surface area contributed by atoms with Crippen molar-refractivity contribution in [3.05, 3.63) is 39.5 Å². The molecule has 0 saturated heterocycles. The fourth-order valence-corrected chi connectivity index (χ4v) is 2.42. The Kier molecular flexibility index (Phi) is 4.58. The molecule has 0 aliphatic heterocycles. The zero-order chi connectivity index (χ0) is 14.9. The molecule has 1 amide bonds. The number of carbonyl (C=O) groups excluding carboxylic acids is 1. The average Bonchev–Trinajstić information content (AvgIpc) is 2.69. The van der Waals surface area contributed by atoms with Crippen LogP contribution in [0.5, 0.6) is 0 Å². The Morgan fingerprint density at radius 2 is 1.80 bits per heavy atom. The van der Waals surface area contributed by atoms with E-state index in [1.807, 2.05) is 13.8 Å². The van der Waals surface area contributed by atoms with Gasteiger partial charge in [0, 0.05) is 21.7 Å². The van der Waals surface area contributed by atoms with Gasteiger partial charge in [-0.05, 0) is 32.0 Å². The van der Waals surface area contributed by atoms with E-state index in [1.165, 1.54) is 6.20 Å². The van der Waals surface area contributed by atoms with Crippen LogP contribution in [0.25, 0.3) is 11.3 Å². The Hall–Kier alpha value is -1.23. The fourth-order valence-electron chi connectivity index (χ4n) is 1.66. The molecule has 0 fully saturated rings. The van der Waals surface area contributed by atoms with Crippen molar-refractivity contribution in [3.8, 4) is 11.3 Å². The summed E-state index contributed by atoms with van der Waals surface area (Å²) in [6, 6.07) is 4.65. The Morgan fingerprint density at radius 1 is 1.20 bits per heavy atom. The van der Waals surface area contributed by atoms with Gasteiger partial charge in [0.2, 0.25) is 0 Å². The minimum Gasteiger partial charge on any atom is -0.334 e. The van der Waals surface area contributed by atoms with E-state index in [2.05, 4.69) is 10.4 Å². The first-order valence-electron chi connectivity index (χ1n) is 5.89. The van der Waals surface area contributed by atoms with Gasteiger partial charge >= 0.3 is 6.03 Å². The number of nitrogens with one attached hydrogen (secondary N) is 1. The van der Waals surface area contributed by atoms with Gasteiger partial charge in [0.15, 0.2) is 0 Å². The van der Waals surface area contributed by atoms with E-state index in [9.17, 15) is 4.79 Å². The summed E-state index contributed by atoms with van der Waals surface area (Å²) in [6.45, 7) is 3.72. The third kappa shape index (κ3) is 3.45. The van der Waals surface area contributed by atoms with Crippen molar-refractivity contribution in [2.45, 2.75) is 19.9 Å². The molecule has 1 N–H and O–H groups in total. The minimum atomic E-state index is -0.346. The summed E-state index contributed by atoms with van der Waals surface area (Å²) in [5.41, 5.74) is 1.11. The molecule has 1 aromatic carbocycles. The van der Waals surface area contributed by atoms with Crippen molar-refractivity contribution in [3.63, 3.8) is 0 Å². The van der Waals surface area contributed by atoms with Crippen LogP contribution < -0.4 is 5.32 Å². The first-order valence-corrected chi connectivity index (χ1v) is 7.02. The van der Waals surface area contributed by atoms with Crippen molar-refractivity contribution >= 4 is 40.8 Å². The van der Waals surface area contributed by atoms with Gasteiger partial charge in [-0.25, -0.2) is 4.79 Å². The molecular formula is C13H12Cl3N3O. The zero-order valence-corrected chi connectivity index (χ0v) is 13.1. The van der Waals surface area contributed by atoms with E-state index in [-0.39, 0.29) is 12.1 Å². The van der Waals surface area contributed by atoms with Gasteiger partial charge in [-0.15, -0.1) is 0 Å². The van der Waals surface area contributed by atoms with Crippen LogP contribution in [-0.2, 0) is 0 Å². The third-order valence-electron chi connectivity index (χ3n) is 2.43. The van der Waals surface area contributed by atoms with Crippen LogP contribution in [0.1, 0.15) is 13.8 Å². The van der Waals surface area contributed by atoms with Crippen molar-refractivity contribution in [2.75, 3.05) is 0 Å². The lowest BCUT2D eigenvalue weighted by atomic mass is 10.1. The lowest BCUT2D eigenvalue weighted by molar-refractivity contribution is 0.237. The molecule has 0 aliphatic rings. The smallest absolute Gasteiger partial charge is 0.334 e. The monoisotopic (exact) mass is 331 g/mol. The summed E-state index contributed by atoms with van der Waals surface area (Å²) in [4.78, 5) is 11.9. The number of hydrogen-bond donors (Lipinski definition) is 1. The maximum atomic E-state index is 11.9. The first kappa shape index (κ1) is 15.2. The molecule has 0 atom stereocenters. The van der Waals surface area contributed by atoms with Gasteiger partial charge in [0.1, 0.15) is 5.69 Å². The second kappa shape index (κ2) is 6.04. The first-order chi connectivity index (χ1) is 9.36. The van der Waals surface area contributed by atoms with Gasteiger partial charge in [0.05, 0.1) is 11.2 Å². The van der Waals surface area contributed by atoms with Crippen molar-refractivity contribution in [1.82, 2.24) is 15.1 Å². The number of halogens is 3. The molecule has 0 aliphatic carbocycles. The molecule has 20 heavy (non-hydrogen) atoms. The Labute approximate surface area is 131 Å². The second-order valence-electron chi connectivity index (χ2n) is 4.53. The van der Waals surface area contributed by atoms with Crippen molar-refractivity contribution < 1.29 is 4.79 Å². The molecule has 4 nitrogen and oxygen atoms in total. The minimum absolute atomic E-state index is 0.00883. The van der Waals surface area contributed by atoms with E-state index in [0.717, 1.165) is 4.68 Å². The van der Waals surface area contributed by atoms with Crippen LogP contribution in [-0.4, -0.2) is 21.9 Å². The van der Waals surface area contributed by atoms with Crippen LogP contribution in [0.2, 0.25) is 15.1 Å². The molecule has 0 unspecified atom stereocenters. The quantitative estimate of drug-likeness (QED) is 0.881. The highest BCUT2D eigenvalue weighted by Crippen LogP contribution is 2.30. The number of benzene rings is 1. The number of carbonyl (C=O) groups is 1. The zero-order valence-electron chi connectivity index (χ0n) is 10.8. The lowest BCUT2D eigenvalue weighted by Gasteiger charge is -2.07. The van der Waals surface area contributed by atoms with Crippen LogP contribution in [0, 0.1) is 0 Å². The van der Waals surface area contributed by atoms with E-state index in [4.69, 9.17) is 34.8 Å². The molecule has 7 heteroatoms. The molecule has 106 valence electrons. The van der Waals surface area contributed by atoms with Gasteiger partial charge in [-0.3, -0.25) is 0 Å². The molecular weight excluding hydrogens is 321 g/mol. The number of rotatable bonds is 2. The summed E-state index contributed by atoms with van der Waals surface area (Å²) in [6.07, 6.45) is 1.45. The maximum Gasteiger partial charge on any atom is 0.342 e. The molecule has 0 radical (unpaired) electrons. The highest BCUT2D eigenvalue weighted by atomic mass is 35.5. The maximum absolute atomic E-state index is 11.9. The van der Waals surface area contributed by atoms with E-state index in [0.29, 0.717) is 26.3 Å². The Balaban J connectivity index is 2.38. The van der Waals surface area contributed by atoms with Crippen molar-refractivity contribution in [2.24, 2.45) is 0 Å². The van der Waals surface area contributed by atoms with Crippen molar-refractivity contribution in [1.29, 1.82) is 0 Å². The fraction of sp³-hybridized carbons (Fsp3) is 0.231. The molecule has 1 aromatic heterocycles. The average molecular weight is 333 g/mol. The summed E-state index contributed by atoms with van der Waals surface area (Å²) in [7, 11) is 0. The second-order valence-corrected chi connectivity index (χ2v) is 5.81. The van der Waals surface area contributed by atoms with E-state index in [1.54, 1.807) is 18.2 Å². The molecule has 0 saturated carbocycles.